The molecular weight excluding hydrogens is 533 g/mol. The van der Waals surface area contributed by atoms with Gasteiger partial charge < -0.3 is 29.4 Å². The number of benzene rings is 1. The van der Waals surface area contributed by atoms with Gasteiger partial charge in [-0.3, -0.25) is 14.6 Å². The van der Waals surface area contributed by atoms with E-state index in [1.807, 2.05) is 0 Å². The van der Waals surface area contributed by atoms with E-state index in [9.17, 15) is 18.8 Å². The van der Waals surface area contributed by atoms with Gasteiger partial charge in [-0.2, -0.15) is 0 Å². The molecule has 4 heterocycles. The second kappa shape index (κ2) is 11.7. The highest BCUT2D eigenvalue weighted by Gasteiger charge is 2.36. The third-order valence-electron chi connectivity index (χ3n) is 6.88. The summed E-state index contributed by atoms with van der Waals surface area (Å²) >= 11 is 0. The van der Waals surface area contributed by atoms with Crippen LogP contribution in [0.3, 0.4) is 0 Å². The highest BCUT2D eigenvalue weighted by atomic mass is 19.1. The molecule has 0 bridgehead atoms. The van der Waals surface area contributed by atoms with Crippen LogP contribution in [0.25, 0.3) is 11.0 Å². The van der Waals surface area contributed by atoms with Crippen LogP contribution >= 0.6 is 0 Å². The van der Waals surface area contributed by atoms with Gasteiger partial charge in [0.15, 0.2) is 11.5 Å². The molecule has 2 aliphatic rings. The number of carbonyl (C=O) groups is 2. The molecule has 0 aliphatic carbocycles. The first-order chi connectivity index (χ1) is 19.5. The van der Waals surface area contributed by atoms with Crippen LogP contribution in [0.2, 0.25) is 0 Å². The number of halogens is 1. The number of alkyl carbamates (subject to hydrolysis) is 1. The monoisotopic (exact) mass is 565 g/mol. The number of ketones is 1. The van der Waals surface area contributed by atoms with Crippen LogP contribution in [0.5, 0.6) is 11.5 Å². The maximum absolute atomic E-state index is 13.5. The van der Waals surface area contributed by atoms with Crippen molar-refractivity contribution in [2.75, 3.05) is 19.6 Å². The number of carbonyl (C=O) groups excluding carboxylic acids is 2. The van der Waals surface area contributed by atoms with E-state index < -0.39 is 29.5 Å². The van der Waals surface area contributed by atoms with E-state index in [1.54, 1.807) is 26.8 Å². The molecule has 5 rings (SSSR count). The minimum absolute atomic E-state index is 0.0199. The highest BCUT2D eigenvalue weighted by Crippen LogP contribution is 2.31. The summed E-state index contributed by atoms with van der Waals surface area (Å²) in [5, 5.41) is 2.90. The minimum Gasteiger partial charge on any atom is -0.458 e. The van der Waals surface area contributed by atoms with Crippen molar-refractivity contribution in [1.82, 2.24) is 25.2 Å². The molecule has 0 saturated carbocycles. The lowest BCUT2D eigenvalue weighted by Crippen LogP contribution is -2.53. The molecule has 1 aromatic carbocycles. The van der Waals surface area contributed by atoms with Crippen molar-refractivity contribution < 1.29 is 28.2 Å². The number of rotatable bonds is 7. The summed E-state index contributed by atoms with van der Waals surface area (Å²) in [5.74, 6) is -0.0239. The average molecular weight is 566 g/mol. The molecule has 1 fully saturated rings. The van der Waals surface area contributed by atoms with Crippen LogP contribution in [0.15, 0.2) is 47.8 Å². The Labute approximate surface area is 235 Å². The normalized spacial score (nSPS) is 17.9. The number of hydrogen-bond donors (Lipinski definition) is 2. The fourth-order valence-corrected chi connectivity index (χ4v) is 4.95. The molecule has 11 nitrogen and oxygen atoms in total. The third kappa shape index (κ3) is 7.07. The molecule has 41 heavy (non-hydrogen) atoms. The van der Waals surface area contributed by atoms with Gasteiger partial charge >= 0.3 is 6.09 Å². The van der Waals surface area contributed by atoms with E-state index in [2.05, 4.69) is 25.2 Å². The van der Waals surface area contributed by atoms with Gasteiger partial charge in [-0.25, -0.2) is 14.2 Å². The van der Waals surface area contributed by atoms with Crippen LogP contribution in [0.4, 0.5) is 9.18 Å². The number of H-pyrrole nitrogens is 1. The molecule has 1 saturated heterocycles. The lowest BCUT2D eigenvalue weighted by molar-refractivity contribution is -0.127. The maximum Gasteiger partial charge on any atom is 0.407 e. The van der Waals surface area contributed by atoms with E-state index >= 15 is 0 Å². The molecule has 1 amide bonds. The number of amides is 1. The first kappa shape index (κ1) is 28.2. The van der Waals surface area contributed by atoms with Crippen LogP contribution in [0, 0.1) is 11.7 Å². The fourth-order valence-electron chi connectivity index (χ4n) is 4.95. The molecule has 0 radical (unpaired) electrons. The number of fused-ring (bicyclic) bond motifs is 2. The maximum atomic E-state index is 13.5. The quantitative estimate of drug-likeness (QED) is 0.442. The molecule has 12 heteroatoms. The van der Waals surface area contributed by atoms with Gasteiger partial charge in [-0.05, 0) is 39.0 Å². The number of ether oxygens (including phenoxy) is 3. The Hall–Kier alpha value is -4.32. The third-order valence-corrected chi connectivity index (χ3v) is 6.88. The number of hydrogen-bond acceptors (Lipinski definition) is 9. The largest absolute Gasteiger partial charge is 0.458 e. The van der Waals surface area contributed by atoms with Crippen molar-refractivity contribution in [2.24, 2.45) is 5.92 Å². The molecule has 2 unspecified atom stereocenters. The number of pyridine rings is 1. The average Bonchev–Trinajstić information content (AvgIpc) is 2.91. The zero-order valence-corrected chi connectivity index (χ0v) is 23.1. The second-order valence-corrected chi connectivity index (χ2v) is 11.1. The Morgan fingerprint density at radius 3 is 2.78 bits per heavy atom. The van der Waals surface area contributed by atoms with Crippen molar-refractivity contribution >= 4 is 22.9 Å². The Kier molecular flexibility index (Phi) is 8.02. The van der Waals surface area contributed by atoms with Gasteiger partial charge in [0, 0.05) is 56.7 Å². The Balaban J connectivity index is 1.32. The highest BCUT2D eigenvalue weighted by molar-refractivity contribution is 5.83. The number of aromatic nitrogens is 3. The molecule has 2 aliphatic heterocycles. The number of aromatic amines is 1. The summed E-state index contributed by atoms with van der Waals surface area (Å²) in [7, 11) is 0. The molecule has 2 aromatic heterocycles. The van der Waals surface area contributed by atoms with Gasteiger partial charge in [-0.1, -0.05) is 0 Å². The summed E-state index contributed by atoms with van der Waals surface area (Å²) in [4.78, 5) is 52.2. The zero-order chi connectivity index (χ0) is 29.1. The second-order valence-electron chi connectivity index (χ2n) is 11.1. The van der Waals surface area contributed by atoms with E-state index in [0.717, 1.165) is 0 Å². The number of Topliss-reactive ketones (excluding diaryl/α,β-unsaturated/α-hetero) is 1. The zero-order valence-electron chi connectivity index (χ0n) is 23.1. The van der Waals surface area contributed by atoms with Gasteiger partial charge in [0.05, 0.1) is 23.1 Å². The summed E-state index contributed by atoms with van der Waals surface area (Å²) in [6, 6.07) is 5.16. The van der Waals surface area contributed by atoms with E-state index in [-0.39, 0.29) is 24.2 Å². The van der Waals surface area contributed by atoms with Gasteiger partial charge in [0.25, 0.3) is 5.56 Å². The summed E-state index contributed by atoms with van der Waals surface area (Å²) in [6.45, 7) is 6.65. The molecule has 0 spiro atoms. The van der Waals surface area contributed by atoms with Crippen molar-refractivity contribution in [2.45, 2.75) is 51.7 Å². The Bertz CT molecular complexity index is 1550. The first-order valence-corrected chi connectivity index (χ1v) is 13.4. The molecule has 3 aromatic rings. The van der Waals surface area contributed by atoms with Crippen molar-refractivity contribution in [3.63, 3.8) is 0 Å². The molecule has 2 atom stereocenters. The van der Waals surface area contributed by atoms with Gasteiger partial charge in [-0.15, -0.1) is 0 Å². The van der Waals surface area contributed by atoms with E-state index in [1.165, 1.54) is 36.9 Å². The summed E-state index contributed by atoms with van der Waals surface area (Å²) < 4.78 is 29.9. The molecule has 2 N–H and O–H groups in total. The fraction of sp³-hybridized carbons (Fsp3) is 0.414. The van der Waals surface area contributed by atoms with Crippen molar-refractivity contribution in [3.8, 4) is 11.5 Å². The molecule has 216 valence electrons. The number of nitrogens with zero attached hydrogens (tertiary/aromatic N) is 3. The Morgan fingerprint density at radius 2 is 2.00 bits per heavy atom. The van der Waals surface area contributed by atoms with Crippen LogP contribution < -0.4 is 20.3 Å². The topological polar surface area (TPSA) is 136 Å². The summed E-state index contributed by atoms with van der Waals surface area (Å²) in [5.41, 5.74) is 0.674. The number of piperidine rings is 1. The summed E-state index contributed by atoms with van der Waals surface area (Å²) in [6.07, 6.45) is 4.62. The van der Waals surface area contributed by atoms with Crippen LogP contribution in [-0.2, 0) is 22.4 Å². The SMILES string of the molecule is CC(C)(C)OC(=O)NC(Cc1cc2c(cn1)OC=CO2)C1CN(CCc2nc3ccc(F)cc3[nH]c2=O)CCC1=O. The van der Waals surface area contributed by atoms with Crippen LogP contribution in [-0.4, -0.2) is 63.0 Å². The minimum atomic E-state index is -0.718. The van der Waals surface area contributed by atoms with Gasteiger partial charge in [0.1, 0.15) is 35.4 Å². The lowest BCUT2D eigenvalue weighted by atomic mass is 9.86. The number of likely N-dealkylation sites (tertiary alicyclic amines) is 1. The van der Waals surface area contributed by atoms with E-state index in [4.69, 9.17) is 14.2 Å². The predicted octanol–water partition coefficient (Wildman–Crippen LogP) is 3.27. The standard InChI is InChI=1S/C29H32FN5O6/c1-29(2,3)41-28(38)34-22(13-18-14-25-26(15-31-18)40-11-10-39-25)19-16-35(9-7-24(19)36)8-6-21-27(37)33-23-12-17(30)4-5-20(23)32-21/h4-5,10-12,14-15,19,22H,6-9,13,16H2,1-3H3,(H,33,37)(H,34,38). The Morgan fingerprint density at radius 1 is 1.22 bits per heavy atom. The van der Waals surface area contributed by atoms with Crippen LogP contribution in [0.1, 0.15) is 38.6 Å². The van der Waals surface area contributed by atoms with Crippen molar-refractivity contribution in [1.29, 1.82) is 0 Å². The number of nitrogens with one attached hydrogen (secondary N) is 2. The smallest absolute Gasteiger partial charge is 0.407 e. The lowest BCUT2D eigenvalue weighted by Gasteiger charge is -2.36. The van der Waals surface area contributed by atoms with E-state index in [0.29, 0.717) is 60.0 Å². The van der Waals surface area contributed by atoms with Crippen molar-refractivity contribution in [3.05, 3.63) is 70.5 Å². The molecular formula is C29H32FN5O6. The first-order valence-electron chi connectivity index (χ1n) is 13.4. The predicted molar refractivity (Wildman–Crippen MR) is 147 cm³/mol. The van der Waals surface area contributed by atoms with Gasteiger partial charge in [0.2, 0.25) is 0 Å².